The third-order valence-electron chi connectivity index (χ3n) is 5.96. The number of Topliss-reactive ketones (excluding diaryl/α,β-unsaturated/α-hetero) is 1. The van der Waals surface area contributed by atoms with Gasteiger partial charge in [0.15, 0.2) is 5.78 Å². The Bertz CT molecular complexity index is 1060. The maximum Gasteiger partial charge on any atom is 0.155 e. The first kappa shape index (κ1) is 21.6. The Balaban J connectivity index is 1.47. The highest BCUT2D eigenvalue weighted by Crippen LogP contribution is 2.31. The Hall–Kier alpha value is -2.60. The number of rotatable bonds is 6. The molecular weight excluding hydrogens is 410 g/mol. The zero-order valence-corrected chi connectivity index (χ0v) is 19.1. The molecule has 2 aromatic heterocycles. The van der Waals surface area contributed by atoms with Gasteiger partial charge >= 0.3 is 0 Å². The van der Waals surface area contributed by atoms with Gasteiger partial charge in [-0.1, -0.05) is 38.4 Å². The zero-order chi connectivity index (χ0) is 22.0. The molecule has 2 atom stereocenters. The molecule has 7 heteroatoms. The number of carbonyl (C=O) groups is 1. The molecule has 4 rings (SSSR count). The van der Waals surface area contributed by atoms with Crippen LogP contribution in [0.5, 0.6) is 0 Å². The number of benzene rings is 1. The molecule has 6 nitrogen and oxygen atoms in total. The van der Waals surface area contributed by atoms with Crippen LogP contribution >= 0.6 is 11.6 Å². The van der Waals surface area contributed by atoms with E-state index in [0.717, 1.165) is 48.5 Å². The number of piperidine rings is 1. The third-order valence-corrected chi connectivity index (χ3v) is 6.20. The Morgan fingerprint density at radius 1 is 1.32 bits per heavy atom. The SMILES string of the molecule is CC(C)(C)[C@@H](Nc1cccc(Cl)c1)C(=O)C[C@@H]1CCCN(c2ncnc3[nH]ccc23)C1. The van der Waals surface area contributed by atoms with Crippen LogP contribution in [0.2, 0.25) is 5.02 Å². The zero-order valence-electron chi connectivity index (χ0n) is 18.4. The normalized spacial score (nSPS) is 18.2. The van der Waals surface area contributed by atoms with Crippen LogP contribution in [0, 0.1) is 11.3 Å². The van der Waals surface area contributed by atoms with Crippen LogP contribution in [0.3, 0.4) is 0 Å². The number of ketones is 1. The van der Waals surface area contributed by atoms with E-state index in [-0.39, 0.29) is 17.2 Å². The van der Waals surface area contributed by atoms with Gasteiger partial charge in [0.1, 0.15) is 17.8 Å². The molecule has 1 aromatic carbocycles. The molecular formula is C24H30ClN5O. The number of anilines is 2. The summed E-state index contributed by atoms with van der Waals surface area (Å²) in [4.78, 5) is 27.7. The maximum atomic E-state index is 13.4. The molecule has 0 aliphatic carbocycles. The van der Waals surface area contributed by atoms with Crippen LogP contribution in [-0.2, 0) is 4.79 Å². The molecule has 0 saturated carbocycles. The van der Waals surface area contributed by atoms with E-state index in [4.69, 9.17) is 11.6 Å². The lowest BCUT2D eigenvalue weighted by molar-refractivity contribution is -0.122. The number of H-pyrrole nitrogens is 1. The summed E-state index contributed by atoms with van der Waals surface area (Å²) in [6.07, 6.45) is 6.15. The quantitative estimate of drug-likeness (QED) is 0.544. The van der Waals surface area contributed by atoms with E-state index < -0.39 is 0 Å². The number of aromatic nitrogens is 3. The van der Waals surface area contributed by atoms with Gasteiger partial charge in [0.2, 0.25) is 0 Å². The molecule has 164 valence electrons. The smallest absolute Gasteiger partial charge is 0.155 e. The average molecular weight is 440 g/mol. The lowest BCUT2D eigenvalue weighted by Crippen LogP contribution is -2.44. The van der Waals surface area contributed by atoms with Crippen LogP contribution in [0.25, 0.3) is 11.0 Å². The Kier molecular flexibility index (Phi) is 6.19. The number of hydrogen-bond acceptors (Lipinski definition) is 5. The Labute approximate surface area is 188 Å². The molecule has 1 fully saturated rings. The molecule has 0 bridgehead atoms. The highest BCUT2D eigenvalue weighted by molar-refractivity contribution is 6.30. The summed E-state index contributed by atoms with van der Waals surface area (Å²) in [6, 6.07) is 9.30. The summed E-state index contributed by atoms with van der Waals surface area (Å²) in [6.45, 7) is 8.08. The molecule has 2 N–H and O–H groups in total. The van der Waals surface area contributed by atoms with E-state index in [1.54, 1.807) is 6.33 Å². The minimum atomic E-state index is -0.281. The number of nitrogens with zero attached hydrogens (tertiary/aromatic N) is 3. The Morgan fingerprint density at radius 3 is 2.94 bits per heavy atom. The van der Waals surface area contributed by atoms with E-state index in [0.29, 0.717) is 17.4 Å². The summed E-state index contributed by atoms with van der Waals surface area (Å²) >= 11 is 6.14. The van der Waals surface area contributed by atoms with Crippen molar-refractivity contribution in [3.05, 3.63) is 47.9 Å². The average Bonchev–Trinajstić information content (AvgIpc) is 3.20. The van der Waals surface area contributed by atoms with Gasteiger partial charge in [-0.2, -0.15) is 0 Å². The molecule has 0 unspecified atom stereocenters. The number of hydrogen-bond donors (Lipinski definition) is 2. The van der Waals surface area contributed by atoms with Crippen LogP contribution in [0.4, 0.5) is 11.5 Å². The van der Waals surface area contributed by atoms with Gasteiger partial charge in [-0.25, -0.2) is 9.97 Å². The lowest BCUT2D eigenvalue weighted by Gasteiger charge is -2.36. The highest BCUT2D eigenvalue weighted by Gasteiger charge is 2.33. The summed E-state index contributed by atoms with van der Waals surface area (Å²) in [5.74, 6) is 1.50. The second kappa shape index (κ2) is 8.87. The van der Waals surface area contributed by atoms with Crippen LogP contribution in [-0.4, -0.2) is 39.9 Å². The fraction of sp³-hybridized carbons (Fsp3) is 0.458. The van der Waals surface area contributed by atoms with Gasteiger partial charge in [-0.05, 0) is 48.4 Å². The summed E-state index contributed by atoms with van der Waals surface area (Å²) in [5.41, 5.74) is 1.51. The van der Waals surface area contributed by atoms with Crippen molar-refractivity contribution in [2.75, 3.05) is 23.3 Å². The van der Waals surface area contributed by atoms with Gasteiger partial charge in [0.25, 0.3) is 0 Å². The second-order valence-electron chi connectivity index (χ2n) is 9.52. The van der Waals surface area contributed by atoms with Gasteiger partial charge in [0, 0.05) is 36.4 Å². The first-order chi connectivity index (χ1) is 14.8. The van der Waals surface area contributed by atoms with Crippen LogP contribution in [0.15, 0.2) is 42.9 Å². The monoisotopic (exact) mass is 439 g/mol. The van der Waals surface area contributed by atoms with E-state index in [9.17, 15) is 4.79 Å². The molecule has 0 spiro atoms. The van der Waals surface area contributed by atoms with Crippen molar-refractivity contribution in [3.8, 4) is 0 Å². The molecule has 0 radical (unpaired) electrons. The topological polar surface area (TPSA) is 73.9 Å². The second-order valence-corrected chi connectivity index (χ2v) is 9.95. The highest BCUT2D eigenvalue weighted by atomic mass is 35.5. The fourth-order valence-corrected chi connectivity index (χ4v) is 4.65. The molecule has 0 amide bonds. The molecule has 1 saturated heterocycles. The minimum absolute atomic E-state index is 0.211. The number of fused-ring (bicyclic) bond motifs is 1. The predicted molar refractivity (Wildman–Crippen MR) is 127 cm³/mol. The minimum Gasteiger partial charge on any atom is -0.375 e. The van der Waals surface area contributed by atoms with Crippen molar-refractivity contribution in [1.29, 1.82) is 0 Å². The molecule has 3 heterocycles. The summed E-state index contributed by atoms with van der Waals surface area (Å²) in [5, 5.41) is 5.13. The van der Waals surface area contributed by atoms with Crippen molar-refractivity contribution < 1.29 is 4.79 Å². The largest absolute Gasteiger partial charge is 0.375 e. The van der Waals surface area contributed by atoms with Gasteiger partial charge in [-0.15, -0.1) is 0 Å². The number of halogens is 1. The van der Waals surface area contributed by atoms with Crippen molar-refractivity contribution in [1.82, 2.24) is 15.0 Å². The van der Waals surface area contributed by atoms with Crippen molar-refractivity contribution in [2.45, 2.75) is 46.1 Å². The van der Waals surface area contributed by atoms with Gasteiger partial charge < -0.3 is 15.2 Å². The van der Waals surface area contributed by atoms with E-state index in [2.05, 4.69) is 45.9 Å². The standard InChI is InChI=1S/C24H30ClN5O/c1-24(2,3)21(29-18-8-4-7-17(25)13-18)20(31)12-16-6-5-11-30(14-16)23-19-9-10-26-22(19)27-15-28-23/h4,7-10,13,15-16,21,29H,5-6,11-12,14H2,1-3H3,(H,26,27,28)/t16-,21-/m0/s1. The van der Waals surface area contributed by atoms with E-state index >= 15 is 0 Å². The molecule has 31 heavy (non-hydrogen) atoms. The Morgan fingerprint density at radius 2 is 2.16 bits per heavy atom. The first-order valence-electron chi connectivity index (χ1n) is 10.9. The molecule has 1 aliphatic rings. The van der Waals surface area contributed by atoms with E-state index in [1.807, 2.05) is 36.5 Å². The maximum absolute atomic E-state index is 13.4. The molecule has 3 aromatic rings. The van der Waals surface area contributed by atoms with Gasteiger partial charge in [0.05, 0.1) is 11.4 Å². The lowest BCUT2D eigenvalue weighted by atomic mass is 9.80. The number of aromatic amines is 1. The van der Waals surface area contributed by atoms with E-state index in [1.165, 1.54) is 0 Å². The van der Waals surface area contributed by atoms with Crippen molar-refractivity contribution >= 4 is 39.9 Å². The summed E-state index contributed by atoms with van der Waals surface area (Å²) < 4.78 is 0. The first-order valence-corrected chi connectivity index (χ1v) is 11.3. The van der Waals surface area contributed by atoms with Crippen LogP contribution in [0.1, 0.15) is 40.0 Å². The van der Waals surface area contributed by atoms with Crippen LogP contribution < -0.4 is 10.2 Å². The van der Waals surface area contributed by atoms with Crippen molar-refractivity contribution in [3.63, 3.8) is 0 Å². The predicted octanol–water partition coefficient (Wildman–Crippen LogP) is 5.31. The summed E-state index contributed by atoms with van der Waals surface area (Å²) in [7, 11) is 0. The van der Waals surface area contributed by atoms with Gasteiger partial charge in [-0.3, -0.25) is 4.79 Å². The molecule has 1 aliphatic heterocycles. The number of carbonyl (C=O) groups excluding carboxylic acids is 1. The third kappa shape index (κ3) is 5.01. The fourth-order valence-electron chi connectivity index (χ4n) is 4.46. The number of nitrogens with one attached hydrogen (secondary N) is 2. The van der Waals surface area contributed by atoms with Crippen molar-refractivity contribution in [2.24, 2.45) is 11.3 Å².